The fourth-order valence-corrected chi connectivity index (χ4v) is 3.46. The number of nitrogens with zero attached hydrogens (tertiary/aromatic N) is 4. The SMILES string of the molecule is CC(C)N1C[C@]2(COCCN(c3cc(C(F)(F)F)ncn3)C2)CC1=O. The Morgan fingerprint density at radius 1 is 1.28 bits per heavy atom. The molecule has 6 nitrogen and oxygen atoms in total. The largest absolute Gasteiger partial charge is 0.433 e. The molecule has 9 heteroatoms. The van der Waals surface area contributed by atoms with Crippen molar-refractivity contribution >= 4 is 11.7 Å². The van der Waals surface area contributed by atoms with E-state index in [1.807, 2.05) is 13.8 Å². The van der Waals surface area contributed by atoms with Crippen molar-refractivity contribution in [3.8, 4) is 0 Å². The molecule has 3 heterocycles. The molecule has 1 amide bonds. The molecule has 0 N–H and O–H groups in total. The minimum atomic E-state index is -4.52. The molecule has 138 valence electrons. The van der Waals surface area contributed by atoms with Crippen LogP contribution in [-0.4, -0.2) is 59.7 Å². The predicted molar refractivity (Wildman–Crippen MR) is 84.0 cm³/mol. The topological polar surface area (TPSA) is 58.6 Å². The van der Waals surface area contributed by atoms with Gasteiger partial charge in [0.15, 0.2) is 0 Å². The van der Waals surface area contributed by atoms with Crippen LogP contribution in [-0.2, 0) is 15.7 Å². The molecule has 0 bridgehead atoms. The minimum absolute atomic E-state index is 0.0547. The molecule has 0 radical (unpaired) electrons. The number of anilines is 1. The lowest BCUT2D eigenvalue weighted by Crippen LogP contribution is -2.42. The molecule has 2 aliphatic heterocycles. The molecule has 1 aromatic heterocycles. The first-order chi connectivity index (χ1) is 11.7. The second-order valence-electron chi connectivity index (χ2n) is 7.03. The third-order valence-electron chi connectivity index (χ3n) is 4.68. The van der Waals surface area contributed by atoms with Crippen LogP contribution in [0.1, 0.15) is 26.0 Å². The number of carbonyl (C=O) groups excluding carboxylic acids is 1. The van der Waals surface area contributed by atoms with Crippen molar-refractivity contribution in [2.75, 3.05) is 37.7 Å². The van der Waals surface area contributed by atoms with Gasteiger partial charge < -0.3 is 14.5 Å². The molecule has 25 heavy (non-hydrogen) atoms. The lowest BCUT2D eigenvalue weighted by atomic mass is 9.87. The van der Waals surface area contributed by atoms with E-state index in [1.165, 1.54) is 0 Å². The molecule has 1 spiro atoms. The Bertz CT molecular complexity index is 653. The van der Waals surface area contributed by atoms with Crippen molar-refractivity contribution in [3.05, 3.63) is 18.1 Å². The first-order valence-electron chi connectivity index (χ1n) is 8.22. The van der Waals surface area contributed by atoms with Gasteiger partial charge in [0.1, 0.15) is 17.8 Å². The van der Waals surface area contributed by atoms with Crippen molar-refractivity contribution in [1.82, 2.24) is 14.9 Å². The molecule has 1 atom stereocenters. The first-order valence-corrected chi connectivity index (χ1v) is 8.22. The van der Waals surface area contributed by atoms with Crippen molar-refractivity contribution in [3.63, 3.8) is 0 Å². The number of hydrogen-bond donors (Lipinski definition) is 0. The van der Waals surface area contributed by atoms with Gasteiger partial charge in [0, 0.05) is 43.6 Å². The van der Waals surface area contributed by atoms with Crippen LogP contribution >= 0.6 is 0 Å². The number of carbonyl (C=O) groups is 1. The maximum atomic E-state index is 12.9. The Labute approximate surface area is 144 Å². The Balaban J connectivity index is 1.85. The summed E-state index contributed by atoms with van der Waals surface area (Å²) < 4.78 is 44.4. The van der Waals surface area contributed by atoms with E-state index in [-0.39, 0.29) is 17.8 Å². The Hall–Kier alpha value is -1.90. The normalized spacial score (nSPS) is 25.1. The van der Waals surface area contributed by atoms with E-state index in [0.29, 0.717) is 39.3 Å². The summed E-state index contributed by atoms with van der Waals surface area (Å²) in [5.41, 5.74) is -1.40. The van der Waals surface area contributed by atoms with E-state index in [4.69, 9.17) is 4.74 Å². The van der Waals surface area contributed by atoms with Gasteiger partial charge in [-0.2, -0.15) is 13.2 Å². The van der Waals surface area contributed by atoms with Crippen LogP contribution < -0.4 is 4.90 Å². The van der Waals surface area contributed by atoms with Crippen molar-refractivity contribution < 1.29 is 22.7 Å². The lowest BCUT2D eigenvalue weighted by molar-refractivity contribution is -0.141. The third-order valence-corrected chi connectivity index (χ3v) is 4.68. The lowest BCUT2D eigenvalue weighted by Gasteiger charge is -2.32. The molecule has 0 unspecified atom stereocenters. The number of aromatic nitrogens is 2. The number of amides is 1. The van der Waals surface area contributed by atoms with Crippen LogP contribution in [0.4, 0.5) is 19.0 Å². The fourth-order valence-electron chi connectivity index (χ4n) is 3.46. The highest BCUT2D eigenvalue weighted by molar-refractivity contribution is 5.80. The molecule has 0 aromatic carbocycles. The van der Waals surface area contributed by atoms with Crippen LogP contribution in [0.3, 0.4) is 0 Å². The summed E-state index contributed by atoms with van der Waals surface area (Å²) in [5, 5.41) is 0. The maximum Gasteiger partial charge on any atom is 0.433 e. The van der Waals surface area contributed by atoms with E-state index >= 15 is 0 Å². The summed E-state index contributed by atoms with van der Waals surface area (Å²) in [4.78, 5) is 23.2. The molecule has 2 fully saturated rings. The van der Waals surface area contributed by atoms with E-state index in [2.05, 4.69) is 9.97 Å². The quantitative estimate of drug-likeness (QED) is 0.809. The summed E-state index contributed by atoms with van der Waals surface area (Å²) in [6, 6.07) is 1.04. The van der Waals surface area contributed by atoms with Crippen molar-refractivity contribution in [2.24, 2.45) is 5.41 Å². The smallest absolute Gasteiger partial charge is 0.379 e. The van der Waals surface area contributed by atoms with E-state index in [1.54, 1.807) is 9.80 Å². The van der Waals surface area contributed by atoms with E-state index < -0.39 is 17.3 Å². The van der Waals surface area contributed by atoms with Crippen molar-refractivity contribution in [1.29, 1.82) is 0 Å². The predicted octanol–water partition coefficient (Wildman–Crippen LogP) is 1.96. The summed E-state index contributed by atoms with van der Waals surface area (Å²) in [6.45, 7) is 6.08. The molecule has 0 aliphatic carbocycles. The summed E-state index contributed by atoms with van der Waals surface area (Å²) >= 11 is 0. The van der Waals surface area contributed by atoms with Gasteiger partial charge in [0.05, 0.1) is 13.2 Å². The molecule has 2 saturated heterocycles. The number of ether oxygens (including phenoxy) is 1. The molecule has 0 saturated carbocycles. The standard InChI is InChI=1S/C16H21F3N4O2/c1-11(2)23-8-15(6-14(23)24)7-22(3-4-25-9-15)13-5-12(16(17,18)19)20-10-21-13/h5,10-11H,3-4,6-9H2,1-2H3/t15-/m0/s1. The zero-order valence-corrected chi connectivity index (χ0v) is 14.2. The molecule has 1 aromatic rings. The number of likely N-dealkylation sites (tertiary alicyclic amines) is 1. The maximum absolute atomic E-state index is 12.9. The van der Waals surface area contributed by atoms with Gasteiger partial charge in [-0.15, -0.1) is 0 Å². The second kappa shape index (κ2) is 6.44. The van der Waals surface area contributed by atoms with Gasteiger partial charge in [-0.3, -0.25) is 4.79 Å². The van der Waals surface area contributed by atoms with Crippen LogP contribution in [0.25, 0.3) is 0 Å². The number of halogens is 3. The van der Waals surface area contributed by atoms with Crippen molar-refractivity contribution in [2.45, 2.75) is 32.5 Å². The average molecular weight is 358 g/mol. The molecular weight excluding hydrogens is 337 g/mol. The number of alkyl halides is 3. The zero-order valence-electron chi connectivity index (χ0n) is 14.2. The average Bonchev–Trinajstić information content (AvgIpc) is 2.73. The third kappa shape index (κ3) is 3.70. The van der Waals surface area contributed by atoms with Gasteiger partial charge in [-0.05, 0) is 13.8 Å². The Kier molecular flexibility index (Phi) is 4.61. The summed E-state index contributed by atoms with van der Waals surface area (Å²) in [5.74, 6) is 0.266. The van der Waals surface area contributed by atoms with Gasteiger partial charge in [0.25, 0.3) is 0 Å². The number of hydrogen-bond acceptors (Lipinski definition) is 5. The van der Waals surface area contributed by atoms with Crippen LogP contribution in [0.5, 0.6) is 0 Å². The minimum Gasteiger partial charge on any atom is -0.379 e. The van der Waals surface area contributed by atoms with Gasteiger partial charge >= 0.3 is 6.18 Å². The first kappa shape index (κ1) is 17.9. The molecule has 3 rings (SSSR count). The van der Waals surface area contributed by atoms with Crippen LogP contribution in [0.15, 0.2) is 12.4 Å². The van der Waals surface area contributed by atoms with Gasteiger partial charge in [0.2, 0.25) is 5.91 Å². The Morgan fingerprint density at radius 2 is 2.04 bits per heavy atom. The van der Waals surface area contributed by atoms with E-state index in [9.17, 15) is 18.0 Å². The highest BCUT2D eigenvalue weighted by Crippen LogP contribution is 2.37. The summed E-state index contributed by atoms with van der Waals surface area (Å²) in [7, 11) is 0. The highest BCUT2D eigenvalue weighted by Gasteiger charge is 2.46. The zero-order chi connectivity index (χ0) is 18.2. The number of rotatable bonds is 2. The fraction of sp³-hybridized carbons (Fsp3) is 0.688. The molecular formula is C16H21F3N4O2. The van der Waals surface area contributed by atoms with Gasteiger partial charge in [-0.1, -0.05) is 0 Å². The Morgan fingerprint density at radius 3 is 2.68 bits per heavy atom. The van der Waals surface area contributed by atoms with Crippen LogP contribution in [0, 0.1) is 5.41 Å². The molecule has 2 aliphatic rings. The van der Waals surface area contributed by atoms with Gasteiger partial charge in [-0.25, -0.2) is 9.97 Å². The highest BCUT2D eigenvalue weighted by atomic mass is 19.4. The van der Waals surface area contributed by atoms with E-state index in [0.717, 1.165) is 12.4 Å². The van der Waals surface area contributed by atoms with Crippen LogP contribution in [0.2, 0.25) is 0 Å². The monoisotopic (exact) mass is 358 g/mol. The second-order valence-corrected chi connectivity index (χ2v) is 7.03. The summed E-state index contributed by atoms with van der Waals surface area (Å²) in [6.07, 6.45) is -3.26.